The number of ether oxygens (including phenoxy) is 2. The molecule has 0 saturated heterocycles. The van der Waals surface area contributed by atoms with Crippen LogP contribution in [0.2, 0.25) is 0 Å². The summed E-state index contributed by atoms with van der Waals surface area (Å²) in [5.41, 5.74) is 0. The van der Waals surface area contributed by atoms with Crippen LogP contribution >= 0.6 is 0 Å². The van der Waals surface area contributed by atoms with Gasteiger partial charge in [0.15, 0.2) is 17.6 Å². The third kappa shape index (κ3) is 3.12. The molecule has 0 spiro atoms. The lowest BCUT2D eigenvalue weighted by Crippen LogP contribution is -2.04. The van der Waals surface area contributed by atoms with Crippen molar-refractivity contribution in [2.24, 2.45) is 0 Å². The van der Waals surface area contributed by atoms with E-state index in [1.165, 1.54) is 6.07 Å². The van der Waals surface area contributed by atoms with E-state index in [9.17, 15) is 4.79 Å². The highest BCUT2D eigenvalue weighted by molar-refractivity contribution is 5.84. The normalized spacial score (nSPS) is 11.9. The summed E-state index contributed by atoms with van der Waals surface area (Å²) in [4.78, 5) is 10.8. The van der Waals surface area contributed by atoms with E-state index in [0.717, 1.165) is 0 Å². The van der Waals surface area contributed by atoms with Gasteiger partial charge >= 0.3 is 5.97 Å². The van der Waals surface area contributed by atoms with Crippen molar-refractivity contribution in [1.29, 1.82) is 0 Å². The third-order valence-electron chi connectivity index (χ3n) is 2.69. The maximum Gasteiger partial charge on any atom is 0.371 e. The van der Waals surface area contributed by atoms with Gasteiger partial charge in [0.05, 0.1) is 6.61 Å². The zero-order valence-corrected chi connectivity index (χ0v) is 11.3. The van der Waals surface area contributed by atoms with Gasteiger partial charge in [-0.25, -0.2) is 4.79 Å². The molecule has 5 heteroatoms. The van der Waals surface area contributed by atoms with E-state index < -0.39 is 12.1 Å². The van der Waals surface area contributed by atoms with Gasteiger partial charge in [0.25, 0.3) is 0 Å². The number of benzene rings is 1. The Morgan fingerprint density at radius 3 is 2.55 bits per heavy atom. The van der Waals surface area contributed by atoms with Crippen LogP contribution in [-0.2, 0) is 0 Å². The van der Waals surface area contributed by atoms with Crippen molar-refractivity contribution in [3.63, 3.8) is 0 Å². The zero-order chi connectivity index (χ0) is 14.5. The summed E-state index contributed by atoms with van der Waals surface area (Å²) in [6.45, 7) is 4.22. The molecule has 5 nitrogen and oxygen atoms in total. The quantitative estimate of drug-likeness (QED) is 0.874. The van der Waals surface area contributed by atoms with E-state index >= 15 is 0 Å². The first kappa shape index (κ1) is 14.0. The summed E-state index contributed by atoms with van der Waals surface area (Å²) in [6, 6.07) is 10.3. The number of rotatable bonds is 6. The van der Waals surface area contributed by atoms with E-state index in [4.69, 9.17) is 19.0 Å². The number of hydrogen-bond donors (Lipinski definition) is 1. The van der Waals surface area contributed by atoms with Crippen LogP contribution in [0.5, 0.6) is 11.5 Å². The number of furan rings is 1. The smallest absolute Gasteiger partial charge is 0.371 e. The Kier molecular flexibility index (Phi) is 4.30. The molecule has 2 rings (SSSR count). The molecule has 1 atom stereocenters. The van der Waals surface area contributed by atoms with Gasteiger partial charge in [-0.05, 0) is 38.1 Å². The number of aromatic carboxylic acids is 1. The predicted molar refractivity (Wildman–Crippen MR) is 72.3 cm³/mol. The lowest BCUT2D eigenvalue weighted by molar-refractivity contribution is 0.0655. The van der Waals surface area contributed by atoms with Crippen molar-refractivity contribution in [3.8, 4) is 11.5 Å². The summed E-state index contributed by atoms with van der Waals surface area (Å²) in [6.07, 6.45) is -0.412. The molecule has 1 aromatic heterocycles. The SMILES string of the molecule is CCOc1ccccc1OC(C)c1ccc(C(=O)O)o1. The second-order valence-corrected chi connectivity index (χ2v) is 4.15. The van der Waals surface area contributed by atoms with Gasteiger partial charge < -0.3 is 19.0 Å². The molecular formula is C15H16O5. The van der Waals surface area contributed by atoms with Crippen molar-refractivity contribution in [2.45, 2.75) is 20.0 Å². The highest BCUT2D eigenvalue weighted by atomic mass is 16.5. The van der Waals surface area contributed by atoms with Gasteiger partial charge in [0.1, 0.15) is 5.76 Å². The summed E-state index contributed by atoms with van der Waals surface area (Å²) >= 11 is 0. The third-order valence-corrected chi connectivity index (χ3v) is 2.69. The Bertz CT molecular complexity index is 587. The molecule has 0 aliphatic heterocycles. The molecule has 1 aromatic carbocycles. The molecule has 2 aromatic rings. The molecule has 1 N–H and O–H groups in total. The number of hydrogen-bond acceptors (Lipinski definition) is 4. The van der Waals surface area contributed by atoms with Crippen molar-refractivity contribution < 1.29 is 23.8 Å². The molecule has 106 valence electrons. The fraction of sp³-hybridized carbons (Fsp3) is 0.267. The van der Waals surface area contributed by atoms with Gasteiger partial charge in [-0.3, -0.25) is 0 Å². The number of carboxylic acid groups (broad SMARTS) is 1. The minimum Gasteiger partial charge on any atom is -0.490 e. The van der Waals surface area contributed by atoms with Crippen molar-refractivity contribution in [3.05, 3.63) is 47.9 Å². The summed E-state index contributed by atoms with van der Waals surface area (Å²) in [7, 11) is 0. The zero-order valence-electron chi connectivity index (χ0n) is 11.3. The van der Waals surface area contributed by atoms with Gasteiger partial charge in [-0.2, -0.15) is 0 Å². The fourth-order valence-corrected chi connectivity index (χ4v) is 1.76. The minimum atomic E-state index is -1.10. The standard InChI is InChI=1S/C15H16O5/c1-3-18-12-6-4-5-7-13(12)19-10(2)11-8-9-14(20-11)15(16)17/h4-10H,3H2,1-2H3,(H,16,17). The fourth-order valence-electron chi connectivity index (χ4n) is 1.76. The predicted octanol–water partition coefficient (Wildman–Crippen LogP) is 3.52. The molecule has 0 amide bonds. The van der Waals surface area contributed by atoms with Crippen LogP contribution in [0, 0.1) is 0 Å². The molecule has 0 aliphatic rings. The molecule has 1 heterocycles. The van der Waals surface area contributed by atoms with Crippen LogP contribution in [0.15, 0.2) is 40.8 Å². The van der Waals surface area contributed by atoms with Gasteiger partial charge in [-0.15, -0.1) is 0 Å². The highest BCUT2D eigenvalue weighted by Crippen LogP contribution is 2.31. The van der Waals surface area contributed by atoms with Gasteiger partial charge in [0.2, 0.25) is 5.76 Å². The Hall–Kier alpha value is -2.43. The molecule has 0 radical (unpaired) electrons. The monoisotopic (exact) mass is 276 g/mol. The van der Waals surface area contributed by atoms with Crippen molar-refractivity contribution in [2.75, 3.05) is 6.61 Å². The second kappa shape index (κ2) is 6.14. The van der Waals surface area contributed by atoms with Crippen LogP contribution in [0.1, 0.15) is 36.3 Å². The van der Waals surface area contributed by atoms with Gasteiger partial charge in [0, 0.05) is 0 Å². The van der Waals surface area contributed by atoms with E-state index in [2.05, 4.69) is 0 Å². The molecular weight excluding hydrogens is 260 g/mol. The van der Waals surface area contributed by atoms with Crippen LogP contribution in [0.25, 0.3) is 0 Å². The Balaban J connectivity index is 2.14. The van der Waals surface area contributed by atoms with Crippen molar-refractivity contribution in [1.82, 2.24) is 0 Å². The molecule has 0 bridgehead atoms. The van der Waals surface area contributed by atoms with E-state index in [1.807, 2.05) is 25.1 Å². The first-order chi connectivity index (χ1) is 9.61. The van der Waals surface area contributed by atoms with Crippen LogP contribution in [0.4, 0.5) is 0 Å². The molecule has 1 unspecified atom stereocenters. The average molecular weight is 276 g/mol. The number of para-hydroxylation sites is 2. The molecule has 0 aliphatic carbocycles. The largest absolute Gasteiger partial charge is 0.490 e. The summed E-state index contributed by atoms with van der Waals surface area (Å²) < 4.78 is 16.4. The molecule has 0 fully saturated rings. The second-order valence-electron chi connectivity index (χ2n) is 4.15. The topological polar surface area (TPSA) is 68.9 Å². The maximum absolute atomic E-state index is 10.8. The van der Waals surface area contributed by atoms with Crippen LogP contribution in [-0.4, -0.2) is 17.7 Å². The first-order valence-electron chi connectivity index (χ1n) is 6.33. The maximum atomic E-state index is 10.8. The lowest BCUT2D eigenvalue weighted by Gasteiger charge is -2.15. The van der Waals surface area contributed by atoms with E-state index in [1.54, 1.807) is 19.1 Å². The Morgan fingerprint density at radius 2 is 1.95 bits per heavy atom. The van der Waals surface area contributed by atoms with Crippen molar-refractivity contribution >= 4 is 5.97 Å². The number of carboxylic acids is 1. The molecule has 20 heavy (non-hydrogen) atoms. The Labute approximate surface area is 116 Å². The minimum absolute atomic E-state index is 0.103. The summed E-state index contributed by atoms with van der Waals surface area (Å²) in [5, 5.41) is 8.83. The van der Waals surface area contributed by atoms with Crippen LogP contribution < -0.4 is 9.47 Å². The van der Waals surface area contributed by atoms with E-state index in [0.29, 0.717) is 23.9 Å². The first-order valence-corrected chi connectivity index (χ1v) is 6.33. The lowest BCUT2D eigenvalue weighted by atomic mass is 10.3. The molecule has 0 saturated carbocycles. The average Bonchev–Trinajstić information content (AvgIpc) is 2.91. The highest BCUT2D eigenvalue weighted by Gasteiger charge is 2.16. The van der Waals surface area contributed by atoms with Crippen LogP contribution in [0.3, 0.4) is 0 Å². The summed E-state index contributed by atoms with van der Waals surface area (Å²) in [5.74, 6) is 0.488. The Morgan fingerprint density at radius 1 is 1.25 bits per heavy atom. The van der Waals surface area contributed by atoms with E-state index in [-0.39, 0.29) is 5.76 Å². The number of carbonyl (C=O) groups is 1. The van der Waals surface area contributed by atoms with Gasteiger partial charge in [-0.1, -0.05) is 12.1 Å².